The number of rotatable bonds is 7. The Balaban J connectivity index is 1.79. The maximum absolute atomic E-state index is 12.0. The second kappa shape index (κ2) is 9.01. The van der Waals surface area contributed by atoms with Gasteiger partial charge in [0.05, 0.1) is 13.2 Å². The van der Waals surface area contributed by atoms with E-state index >= 15 is 0 Å². The molecule has 5 nitrogen and oxygen atoms in total. The van der Waals surface area contributed by atoms with Gasteiger partial charge in [-0.25, -0.2) is 0 Å². The molecule has 1 saturated heterocycles. The summed E-state index contributed by atoms with van der Waals surface area (Å²) in [5.74, 6) is 0.0673. The number of amides is 1. The quantitative estimate of drug-likeness (QED) is 0.800. The molecule has 1 amide bonds. The molecule has 1 aromatic rings. The van der Waals surface area contributed by atoms with Crippen molar-refractivity contribution >= 4 is 5.91 Å². The maximum atomic E-state index is 12.0. The summed E-state index contributed by atoms with van der Waals surface area (Å²) in [4.78, 5) is 14.3. The number of ether oxygens (including phenoxy) is 1. The first-order valence-corrected chi connectivity index (χ1v) is 8.40. The second-order valence-electron chi connectivity index (χ2n) is 6.54. The third-order valence-electron chi connectivity index (χ3n) is 4.22. The van der Waals surface area contributed by atoms with E-state index in [1.165, 1.54) is 5.56 Å². The minimum absolute atomic E-state index is 0.0673. The summed E-state index contributed by atoms with van der Waals surface area (Å²) >= 11 is 0. The number of nitrogens with zero attached hydrogens (tertiary/aromatic N) is 1. The molecule has 1 unspecified atom stereocenters. The van der Waals surface area contributed by atoms with E-state index in [9.17, 15) is 4.79 Å². The molecule has 1 aliphatic rings. The van der Waals surface area contributed by atoms with Gasteiger partial charge < -0.3 is 15.4 Å². The zero-order chi connectivity index (χ0) is 16.7. The third-order valence-corrected chi connectivity index (χ3v) is 4.22. The predicted molar refractivity (Wildman–Crippen MR) is 92.1 cm³/mol. The van der Waals surface area contributed by atoms with E-state index < -0.39 is 0 Å². The summed E-state index contributed by atoms with van der Waals surface area (Å²) in [6.45, 7) is 8.04. The third kappa shape index (κ3) is 6.29. The molecule has 1 aliphatic heterocycles. The standard InChI is InChI=1S/C18H29N3O2/c1-14(2)21(3)12-16-6-4-5-15(9-16)11-20-18(22)10-17-13-23-8-7-19-17/h4-6,9,14,17,19H,7-8,10-13H2,1-3H3,(H,20,22). The topological polar surface area (TPSA) is 53.6 Å². The molecule has 0 bridgehead atoms. The first kappa shape index (κ1) is 17.9. The normalized spacial score (nSPS) is 18.4. The van der Waals surface area contributed by atoms with Gasteiger partial charge in [-0.1, -0.05) is 24.3 Å². The lowest BCUT2D eigenvalue weighted by Gasteiger charge is -2.23. The van der Waals surface area contributed by atoms with Crippen molar-refractivity contribution in [2.75, 3.05) is 26.8 Å². The van der Waals surface area contributed by atoms with Crippen LogP contribution in [0, 0.1) is 0 Å². The summed E-state index contributed by atoms with van der Waals surface area (Å²) < 4.78 is 5.37. The molecule has 0 aromatic heterocycles. The van der Waals surface area contributed by atoms with Crippen LogP contribution in [0.4, 0.5) is 0 Å². The number of carbonyl (C=O) groups is 1. The average molecular weight is 319 g/mol. The number of hydrogen-bond acceptors (Lipinski definition) is 4. The molecule has 1 heterocycles. The summed E-state index contributed by atoms with van der Waals surface area (Å²) in [5.41, 5.74) is 2.41. The molecule has 128 valence electrons. The van der Waals surface area contributed by atoms with Crippen LogP contribution in [0.1, 0.15) is 31.4 Å². The van der Waals surface area contributed by atoms with Gasteiger partial charge in [0.25, 0.3) is 0 Å². The smallest absolute Gasteiger partial charge is 0.221 e. The van der Waals surface area contributed by atoms with Crippen LogP contribution in [-0.4, -0.2) is 49.7 Å². The second-order valence-corrected chi connectivity index (χ2v) is 6.54. The van der Waals surface area contributed by atoms with Crippen LogP contribution in [-0.2, 0) is 22.6 Å². The number of morpholine rings is 1. The van der Waals surface area contributed by atoms with Gasteiger partial charge in [-0.15, -0.1) is 0 Å². The minimum Gasteiger partial charge on any atom is -0.378 e. The van der Waals surface area contributed by atoms with Gasteiger partial charge in [0.1, 0.15) is 0 Å². The lowest BCUT2D eigenvalue weighted by atomic mass is 10.1. The summed E-state index contributed by atoms with van der Waals surface area (Å²) in [7, 11) is 2.12. The van der Waals surface area contributed by atoms with Gasteiger partial charge in [0.2, 0.25) is 5.91 Å². The van der Waals surface area contributed by atoms with Crippen molar-refractivity contribution in [3.8, 4) is 0 Å². The Bertz CT molecular complexity index is 499. The highest BCUT2D eigenvalue weighted by Gasteiger charge is 2.16. The maximum Gasteiger partial charge on any atom is 0.221 e. The fourth-order valence-corrected chi connectivity index (χ4v) is 2.56. The van der Waals surface area contributed by atoms with E-state index in [2.05, 4.69) is 60.7 Å². The highest BCUT2D eigenvalue weighted by Crippen LogP contribution is 2.09. The van der Waals surface area contributed by atoms with E-state index in [0.717, 1.165) is 25.3 Å². The number of carbonyl (C=O) groups excluding carboxylic acids is 1. The molecule has 2 N–H and O–H groups in total. The fourth-order valence-electron chi connectivity index (χ4n) is 2.56. The molecule has 0 aliphatic carbocycles. The van der Waals surface area contributed by atoms with Crippen molar-refractivity contribution in [2.24, 2.45) is 0 Å². The largest absolute Gasteiger partial charge is 0.378 e. The Kier molecular flexibility index (Phi) is 7.02. The Morgan fingerprint density at radius 3 is 2.91 bits per heavy atom. The summed E-state index contributed by atoms with van der Waals surface area (Å²) in [6.07, 6.45) is 0.468. The van der Waals surface area contributed by atoms with Gasteiger partial charge >= 0.3 is 0 Å². The Morgan fingerprint density at radius 1 is 1.43 bits per heavy atom. The molecular weight excluding hydrogens is 290 g/mol. The fraction of sp³-hybridized carbons (Fsp3) is 0.611. The number of benzene rings is 1. The minimum atomic E-state index is 0.0673. The molecule has 0 saturated carbocycles. The molecule has 2 rings (SSSR count). The van der Waals surface area contributed by atoms with Crippen LogP contribution >= 0.6 is 0 Å². The lowest BCUT2D eigenvalue weighted by Crippen LogP contribution is -2.44. The van der Waals surface area contributed by atoms with Crippen LogP contribution in [0.15, 0.2) is 24.3 Å². The molecule has 1 fully saturated rings. The SMILES string of the molecule is CC(C)N(C)Cc1cccc(CNC(=O)CC2COCCN2)c1. The monoisotopic (exact) mass is 319 g/mol. The van der Waals surface area contributed by atoms with Gasteiger partial charge in [-0.2, -0.15) is 0 Å². The number of hydrogen-bond donors (Lipinski definition) is 2. The zero-order valence-electron chi connectivity index (χ0n) is 14.5. The Hall–Kier alpha value is -1.43. The van der Waals surface area contributed by atoms with Gasteiger partial charge in [0.15, 0.2) is 0 Å². The van der Waals surface area contributed by atoms with E-state index in [0.29, 0.717) is 25.6 Å². The summed E-state index contributed by atoms with van der Waals surface area (Å²) in [5, 5.41) is 6.30. The van der Waals surface area contributed by atoms with Gasteiger partial charge in [-0.3, -0.25) is 9.69 Å². The van der Waals surface area contributed by atoms with Crippen LogP contribution in [0.3, 0.4) is 0 Å². The van der Waals surface area contributed by atoms with E-state index in [-0.39, 0.29) is 11.9 Å². The van der Waals surface area contributed by atoms with E-state index in [1.807, 2.05) is 0 Å². The van der Waals surface area contributed by atoms with Crippen molar-refractivity contribution in [1.82, 2.24) is 15.5 Å². The van der Waals surface area contributed by atoms with Crippen LogP contribution in [0.5, 0.6) is 0 Å². The highest BCUT2D eigenvalue weighted by molar-refractivity contribution is 5.76. The van der Waals surface area contributed by atoms with Crippen LogP contribution in [0.2, 0.25) is 0 Å². The first-order chi connectivity index (χ1) is 11.0. The van der Waals surface area contributed by atoms with E-state index in [1.54, 1.807) is 0 Å². The summed E-state index contributed by atoms with van der Waals surface area (Å²) in [6, 6.07) is 9.07. The van der Waals surface area contributed by atoms with Crippen molar-refractivity contribution in [3.63, 3.8) is 0 Å². The zero-order valence-corrected chi connectivity index (χ0v) is 14.5. The molecule has 1 aromatic carbocycles. The lowest BCUT2D eigenvalue weighted by molar-refractivity contribution is -0.122. The van der Waals surface area contributed by atoms with Crippen molar-refractivity contribution in [2.45, 2.75) is 45.4 Å². The molecular formula is C18H29N3O2. The van der Waals surface area contributed by atoms with Crippen molar-refractivity contribution < 1.29 is 9.53 Å². The Labute approximate surface area is 139 Å². The Morgan fingerprint density at radius 2 is 2.22 bits per heavy atom. The highest BCUT2D eigenvalue weighted by atomic mass is 16.5. The molecule has 1 atom stereocenters. The van der Waals surface area contributed by atoms with Crippen molar-refractivity contribution in [3.05, 3.63) is 35.4 Å². The molecule has 5 heteroatoms. The average Bonchev–Trinajstić information content (AvgIpc) is 2.54. The number of nitrogens with one attached hydrogen (secondary N) is 2. The molecule has 0 spiro atoms. The predicted octanol–water partition coefficient (Wildman–Crippen LogP) is 1.52. The van der Waals surface area contributed by atoms with Crippen LogP contribution < -0.4 is 10.6 Å². The van der Waals surface area contributed by atoms with Gasteiger partial charge in [0, 0.05) is 38.1 Å². The van der Waals surface area contributed by atoms with Crippen molar-refractivity contribution in [1.29, 1.82) is 0 Å². The molecule has 0 radical (unpaired) electrons. The van der Waals surface area contributed by atoms with Crippen LogP contribution in [0.25, 0.3) is 0 Å². The first-order valence-electron chi connectivity index (χ1n) is 8.40. The van der Waals surface area contributed by atoms with E-state index in [4.69, 9.17) is 4.74 Å². The van der Waals surface area contributed by atoms with Gasteiger partial charge in [-0.05, 0) is 32.0 Å². The molecule has 23 heavy (non-hydrogen) atoms.